The van der Waals surface area contributed by atoms with Gasteiger partial charge in [-0.25, -0.2) is 0 Å². The number of likely N-dealkylation sites (N-methyl/N-ethyl adjacent to an activating group) is 1. The molecule has 1 saturated heterocycles. The molecule has 1 aromatic rings. The van der Waals surface area contributed by atoms with Crippen LogP contribution in [0, 0.1) is 18.3 Å². The Morgan fingerprint density at radius 2 is 2.40 bits per heavy atom. The zero-order chi connectivity index (χ0) is 14.5. The zero-order valence-electron chi connectivity index (χ0n) is 12.5. The molecule has 1 aromatic heterocycles. The van der Waals surface area contributed by atoms with Gasteiger partial charge in [-0.1, -0.05) is 5.16 Å². The van der Waals surface area contributed by atoms with Crippen molar-refractivity contribution in [3.63, 3.8) is 0 Å². The molecular formula is C14H23N5O. The summed E-state index contributed by atoms with van der Waals surface area (Å²) in [6, 6.07) is 3.06. The molecule has 6 nitrogen and oxygen atoms in total. The van der Waals surface area contributed by atoms with Crippen molar-refractivity contribution in [2.45, 2.75) is 51.7 Å². The predicted molar refractivity (Wildman–Crippen MR) is 74.8 cm³/mol. The first-order valence-electron chi connectivity index (χ1n) is 7.20. The topological polar surface area (TPSA) is 69.2 Å². The summed E-state index contributed by atoms with van der Waals surface area (Å²) in [4.78, 5) is 8.96. The highest BCUT2D eigenvalue weighted by atomic mass is 16.5. The molecule has 2 rings (SSSR count). The maximum atomic E-state index is 8.82. The van der Waals surface area contributed by atoms with Gasteiger partial charge in [0.15, 0.2) is 5.82 Å². The van der Waals surface area contributed by atoms with Crippen LogP contribution < -0.4 is 0 Å². The first-order valence-corrected chi connectivity index (χ1v) is 7.20. The maximum absolute atomic E-state index is 8.82. The van der Waals surface area contributed by atoms with E-state index in [9.17, 15) is 0 Å². The number of rotatable bonds is 5. The maximum Gasteiger partial charge on any atom is 0.223 e. The van der Waals surface area contributed by atoms with E-state index in [0.717, 1.165) is 25.5 Å². The normalized spacial score (nSPS) is 21.9. The van der Waals surface area contributed by atoms with Crippen molar-refractivity contribution >= 4 is 0 Å². The van der Waals surface area contributed by atoms with E-state index >= 15 is 0 Å². The average Bonchev–Trinajstić information content (AvgIpc) is 2.84. The van der Waals surface area contributed by atoms with Crippen molar-refractivity contribution < 1.29 is 4.52 Å². The second kappa shape index (κ2) is 6.82. The summed E-state index contributed by atoms with van der Waals surface area (Å²) in [6.45, 7) is 6.75. The molecule has 0 aromatic carbocycles. The average molecular weight is 277 g/mol. The predicted octanol–water partition coefficient (Wildman–Crippen LogP) is 1.58. The molecular weight excluding hydrogens is 254 g/mol. The lowest BCUT2D eigenvalue weighted by molar-refractivity contribution is 0.0865. The molecule has 2 atom stereocenters. The lowest BCUT2D eigenvalue weighted by atomic mass is 10.0. The SMILES string of the molecule is Cc1nc(CN2CCC[C@H](N(C)[C@@H](C)CC#N)C2)no1. The van der Waals surface area contributed by atoms with E-state index in [-0.39, 0.29) is 0 Å². The van der Waals surface area contributed by atoms with Gasteiger partial charge >= 0.3 is 0 Å². The smallest absolute Gasteiger partial charge is 0.223 e. The van der Waals surface area contributed by atoms with Gasteiger partial charge in [0.1, 0.15) is 0 Å². The van der Waals surface area contributed by atoms with Crippen molar-refractivity contribution in [3.8, 4) is 6.07 Å². The van der Waals surface area contributed by atoms with Crippen molar-refractivity contribution in [1.29, 1.82) is 5.26 Å². The molecule has 0 bridgehead atoms. The van der Waals surface area contributed by atoms with Gasteiger partial charge in [-0.2, -0.15) is 10.2 Å². The van der Waals surface area contributed by atoms with Gasteiger partial charge in [-0.3, -0.25) is 9.80 Å². The van der Waals surface area contributed by atoms with E-state index in [1.807, 2.05) is 6.92 Å². The first-order chi connectivity index (χ1) is 9.60. The van der Waals surface area contributed by atoms with Gasteiger partial charge < -0.3 is 4.52 Å². The van der Waals surface area contributed by atoms with Crippen LogP contribution >= 0.6 is 0 Å². The molecule has 110 valence electrons. The number of hydrogen-bond acceptors (Lipinski definition) is 6. The van der Waals surface area contributed by atoms with Gasteiger partial charge in [0, 0.05) is 25.6 Å². The Morgan fingerprint density at radius 1 is 1.60 bits per heavy atom. The number of nitrogens with zero attached hydrogens (tertiary/aromatic N) is 5. The molecule has 0 aliphatic carbocycles. The lowest BCUT2D eigenvalue weighted by Gasteiger charge is -2.39. The highest BCUT2D eigenvalue weighted by Crippen LogP contribution is 2.19. The number of aromatic nitrogens is 2. The Kier molecular flexibility index (Phi) is 5.10. The largest absolute Gasteiger partial charge is 0.340 e. The Balaban J connectivity index is 1.89. The van der Waals surface area contributed by atoms with E-state index < -0.39 is 0 Å². The van der Waals surface area contributed by atoms with Crippen LogP contribution in [0.2, 0.25) is 0 Å². The summed E-state index contributed by atoms with van der Waals surface area (Å²) >= 11 is 0. The lowest BCUT2D eigenvalue weighted by Crippen LogP contribution is -2.49. The minimum atomic E-state index is 0.303. The van der Waals surface area contributed by atoms with Crippen LogP contribution in [0.3, 0.4) is 0 Å². The number of piperidine rings is 1. The third-order valence-electron chi connectivity index (χ3n) is 4.07. The number of likely N-dealkylation sites (tertiary alicyclic amines) is 1. The molecule has 1 aliphatic heterocycles. The summed E-state index contributed by atoms with van der Waals surface area (Å²) in [5, 5.41) is 12.8. The van der Waals surface area contributed by atoms with Gasteiger partial charge in [-0.05, 0) is 33.4 Å². The Bertz CT molecular complexity index is 466. The van der Waals surface area contributed by atoms with E-state index in [1.54, 1.807) is 0 Å². The summed E-state index contributed by atoms with van der Waals surface area (Å²) < 4.78 is 5.02. The number of hydrogen-bond donors (Lipinski definition) is 0. The molecule has 1 aliphatic rings. The Morgan fingerprint density at radius 3 is 3.05 bits per heavy atom. The summed E-state index contributed by atoms with van der Waals surface area (Å²) in [6.07, 6.45) is 2.94. The van der Waals surface area contributed by atoms with E-state index in [4.69, 9.17) is 9.78 Å². The zero-order valence-corrected chi connectivity index (χ0v) is 12.5. The molecule has 0 unspecified atom stereocenters. The fourth-order valence-corrected chi connectivity index (χ4v) is 2.75. The summed E-state index contributed by atoms with van der Waals surface area (Å²) in [5.41, 5.74) is 0. The highest BCUT2D eigenvalue weighted by Gasteiger charge is 2.26. The molecule has 0 spiro atoms. The van der Waals surface area contributed by atoms with Gasteiger partial charge in [0.2, 0.25) is 5.89 Å². The van der Waals surface area contributed by atoms with E-state index in [0.29, 0.717) is 24.4 Å². The fraction of sp³-hybridized carbons (Fsp3) is 0.786. The number of nitriles is 1. The second-order valence-corrected chi connectivity index (χ2v) is 5.64. The van der Waals surface area contributed by atoms with Crippen LogP contribution in [0.25, 0.3) is 0 Å². The molecule has 0 amide bonds. The van der Waals surface area contributed by atoms with Crippen LogP contribution in [0.5, 0.6) is 0 Å². The van der Waals surface area contributed by atoms with Crippen LogP contribution in [0.15, 0.2) is 4.52 Å². The van der Waals surface area contributed by atoms with Crippen molar-refractivity contribution in [2.24, 2.45) is 0 Å². The number of aryl methyl sites for hydroxylation is 1. The molecule has 0 N–H and O–H groups in total. The van der Waals surface area contributed by atoms with Crippen molar-refractivity contribution in [1.82, 2.24) is 19.9 Å². The second-order valence-electron chi connectivity index (χ2n) is 5.64. The van der Waals surface area contributed by atoms with Crippen LogP contribution in [-0.4, -0.2) is 52.2 Å². The van der Waals surface area contributed by atoms with Crippen molar-refractivity contribution in [3.05, 3.63) is 11.7 Å². The van der Waals surface area contributed by atoms with E-state index in [1.165, 1.54) is 12.8 Å². The molecule has 20 heavy (non-hydrogen) atoms. The van der Waals surface area contributed by atoms with Gasteiger partial charge in [-0.15, -0.1) is 0 Å². The third-order valence-corrected chi connectivity index (χ3v) is 4.07. The summed E-state index contributed by atoms with van der Waals surface area (Å²) in [7, 11) is 2.12. The summed E-state index contributed by atoms with van der Waals surface area (Å²) in [5.74, 6) is 1.38. The minimum Gasteiger partial charge on any atom is -0.340 e. The Hall–Kier alpha value is -1.45. The monoisotopic (exact) mass is 277 g/mol. The minimum absolute atomic E-state index is 0.303. The quantitative estimate of drug-likeness (QED) is 0.814. The van der Waals surface area contributed by atoms with Crippen LogP contribution in [0.4, 0.5) is 0 Å². The first kappa shape index (κ1) is 14.9. The standard InChI is InChI=1S/C14H23N5O/c1-11(6-7-15)18(3)13-5-4-8-19(9-13)10-14-16-12(2)20-17-14/h11,13H,4-6,8-10H2,1-3H3/t11-,13-/m0/s1. The molecule has 6 heteroatoms. The van der Waals surface area contributed by atoms with Crippen LogP contribution in [-0.2, 0) is 6.54 Å². The Labute approximate surface area is 120 Å². The molecule has 0 saturated carbocycles. The van der Waals surface area contributed by atoms with E-state index in [2.05, 4.69) is 40.0 Å². The molecule has 2 heterocycles. The van der Waals surface area contributed by atoms with Gasteiger partial charge in [0.25, 0.3) is 0 Å². The van der Waals surface area contributed by atoms with Gasteiger partial charge in [0.05, 0.1) is 19.0 Å². The molecule has 1 fully saturated rings. The fourth-order valence-electron chi connectivity index (χ4n) is 2.75. The van der Waals surface area contributed by atoms with Crippen LogP contribution in [0.1, 0.15) is 37.9 Å². The molecule has 0 radical (unpaired) electrons. The highest BCUT2D eigenvalue weighted by molar-refractivity contribution is 4.89. The third kappa shape index (κ3) is 3.78. The van der Waals surface area contributed by atoms with Crippen molar-refractivity contribution in [2.75, 3.05) is 20.1 Å².